The number of halogens is 3. The second-order valence-electron chi connectivity index (χ2n) is 8.25. The molecule has 1 saturated carbocycles. The number of benzene rings is 2. The van der Waals surface area contributed by atoms with E-state index in [0.29, 0.717) is 22.6 Å². The van der Waals surface area contributed by atoms with Crippen molar-refractivity contribution in [3.8, 4) is 0 Å². The molecule has 8 heteroatoms. The smallest absolute Gasteiger partial charge is 0.363 e. The molecular weight excluding hydrogens is 410 g/mol. The van der Waals surface area contributed by atoms with E-state index in [1.54, 1.807) is 26.3 Å². The first kappa shape index (κ1) is 20.9. The third-order valence-corrected chi connectivity index (χ3v) is 6.85. The molecule has 1 aliphatic rings. The lowest BCUT2D eigenvalue weighted by Gasteiger charge is -2.19. The number of nitrogens with one attached hydrogen (secondary N) is 1. The molecule has 0 saturated heterocycles. The lowest BCUT2D eigenvalue weighted by molar-refractivity contribution is -0.137. The second kappa shape index (κ2) is 7.38. The Balaban J connectivity index is 1.76. The van der Waals surface area contributed by atoms with E-state index < -0.39 is 24.9 Å². The highest BCUT2D eigenvalue weighted by Gasteiger charge is 2.31. The van der Waals surface area contributed by atoms with Gasteiger partial charge in [0.15, 0.2) is 0 Å². The number of fused-ring (bicyclic) bond motifs is 1. The Labute approximate surface area is 173 Å². The van der Waals surface area contributed by atoms with Crippen LogP contribution in [0.1, 0.15) is 48.7 Å². The molecule has 1 atom stereocenters. The molecule has 3 aromatic rings. The average Bonchev–Trinajstić information content (AvgIpc) is 3.51. The van der Waals surface area contributed by atoms with E-state index in [1.807, 2.05) is 18.2 Å². The zero-order valence-electron chi connectivity index (χ0n) is 17.0. The summed E-state index contributed by atoms with van der Waals surface area (Å²) >= 11 is 0. The van der Waals surface area contributed by atoms with Gasteiger partial charge in [0.2, 0.25) is 0 Å². The first-order valence-electron chi connectivity index (χ1n) is 9.83. The Hall–Kier alpha value is -2.40. The molecule has 0 aliphatic heterocycles. The van der Waals surface area contributed by atoms with Crippen molar-refractivity contribution in [2.45, 2.75) is 37.9 Å². The predicted octanol–water partition coefficient (Wildman–Crippen LogP) is 5.95. The number of anilines is 1. The van der Waals surface area contributed by atoms with Crippen LogP contribution in [0.3, 0.4) is 0 Å². The van der Waals surface area contributed by atoms with E-state index in [4.69, 9.17) is 0 Å². The van der Waals surface area contributed by atoms with Crippen LogP contribution >= 0.6 is 7.14 Å². The van der Waals surface area contributed by atoms with Crippen LogP contribution in [-0.2, 0) is 10.7 Å². The van der Waals surface area contributed by atoms with Crippen LogP contribution in [0.25, 0.3) is 10.9 Å². The minimum absolute atomic E-state index is 0.321. The van der Waals surface area contributed by atoms with E-state index in [9.17, 15) is 17.7 Å². The standard InChI is InChI=1S/C22H23F3N3OP/c1-13(15-5-4-6-16(11-15)22(23,24)25)26-21-18-12-17(30(2,3)29)9-10-19(18)27-20(28-21)14-7-8-14/h4-6,9-14H,7-8H2,1-3H3,(H,26,27,28)/t13-/m1/s1. The van der Waals surface area contributed by atoms with Crippen molar-refractivity contribution in [3.05, 3.63) is 59.4 Å². The Morgan fingerprint density at radius 2 is 1.83 bits per heavy atom. The van der Waals surface area contributed by atoms with Crippen LogP contribution in [0.2, 0.25) is 0 Å². The van der Waals surface area contributed by atoms with Crippen molar-refractivity contribution in [1.82, 2.24) is 9.97 Å². The number of hydrogen-bond acceptors (Lipinski definition) is 4. The molecule has 158 valence electrons. The third kappa shape index (κ3) is 4.36. The fourth-order valence-corrected chi connectivity index (χ4v) is 4.25. The average molecular weight is 433 g/mol. The molecule has 4 nitrogen and oxygen atoms in total. The van der Waals surface area contributed by atoms with Crippen LogP contribution in [0.15, 0.2) is 42.5 Å². The monoisotopic (exact) mass is 433 g/mol. The maximum absolute atomic E-state index is 13.1. The van der Waals surface area contributed by atoms with Gasteiger partial charge in [0.1, 0.15) is 18.8 Å². The van der Waals surface area contributed by atoms with Crippen molar-refractivity contribution < 1.29 is 17.7 Å². The molecule has 1 aromatic heterocycles. The fraction of sp³-hybridized carbons (Fsp3) is 0.364. The summed E-state index contributed by atoms with van der Waals surface area (Å²) < 4.78 is 51.9. The quantitative estimate of drug-likeness (QED) is 0.506. The van der Waals surface area contributed by atoms with Gasteiger partial charge in [-0.25, -0.2) is 9.97 Å². The zero-order valence-corrected chi connectivity index (χ0v) is 17.9. The van der Waals surface area contributed by atoms with Gasteiger partial charge in [0.25, 0.3) is 0 Å². The second-order valence-corrected chi connectivity index (χ2v) is 11.5. The van der Waals surface area contributed by atoms with Crippen LogP contribution < -0.4 is 10.6 Å². The highest BCUT2D eigenvalue weighted by Crippen LogP contribution is 2.41. The van der Waals surface area contributed by atoms with Crippen molar-refractivity contribution in [3.63, 3.8) is 0 Å². The van der Waals surface area contributed by atoms with Gasteiger partial charge < -0.3 is 9.88 Å². The molecule has 0 radical (unpaired) electrons. The van der Waals surface area contributed by atoms with Gasteiger partial charge in [-0.15, -0.1) is 0 Å². The maximum Gasteiger partial charge on any atom is 0.416 e. The number of rotatable bonds is 5. The van der Waals surface area contributed by atoms with Crippen LogP contribution in [0.5, 0.6) is 0 Å². The molecule has 1 aliphatic carbocycles. The topological polar surface area (TPSA) is 54.9 Å². The van der Waals surface area contributed by atoms with Gasteiger partial charge in [-0.3, -0.25) is 0 Å². The maximum atomic E-state index is 13.1. The van der Waals surface area contributed by atoms with Crippen molar-refractivity contribution in [1.29, 1.82) is 0 Å². The SMILES string of the molecule is C[C@@H](Nc1nc(C2CC2)nc2ccc(P(C)(C)=O)cc12)c1cccc(C(F)(F)F)c1. The van der Waals surface area contributed by atoms with Crippen molar-refractivity contribution in [2.75, 3.05) is 18.6 Å². The Morgan fingerprint density at radius 3 is 2.47 bits per heavy atom. The van der Waals surface area contributed by atoms with E-state index in [0.717, 1.165) is 41.7 Å². The summed E-state index contributed by atoms with van der Waals surface area (Å²) in [7, 11) is -2.49. The minimum atomic E-state index is -4.39. The molecular formula is C22H23F3N3OP. The molecule has 30 heavy (non-hydrogen) atoms. The van der Waals surface area contributed by atoms with Gasteiger partial charge >= 0.3 is 6.18 Å². The summed E-state index contributed by atoms with van der Waals surface area (Å²) in [5.74, 6) is 1.62. The summed E-state index contributed by atoms with van der Waals surface area (Å²) in [5, 5.41) is 4.71. The van der Waals surface area contributed by atoms with Gasteiger partial charge in [-0.2, -0.15) is 13.2 Å². The van der Waals surface area contributed by atoms with Crippen LogP contribution in [0.4, 0.5) is 19.0 Å². The number of aromatic nitrogens is 2. The molecule has 1 N–H and O–H groups in total. The van der Waals surface area contributed by atoms with E-state index >= 15 is 0 Å². The number of nitrogens with zero attached hydrogens (tertiary/aromatic N) is 2. The predicted molar refractivity (Wildman–Crippen MR) is 114 cm³/mol. The molecule has 0 bridgehead atoms. The summed E-state index contributed by atoms with van der Waals surface area (Å²) in [5.41, 5.74) is 0.570. The third-order valence-electron chi connectivity index (χ3n) is 5.33. The lowest BCUT2D eigenvalue weighted by atomic mass is 10.0. The van der Waals surface area contributed by atoms with Gasteiger partial charge in [-0.1, -0.05) is 12.1 Å². The van der Waals surface area contributed by atoms with Gasteiger partial charge in [-0.05, 0) is 69.0 Å². The molecule has 4 rings (SSSR count). The largest absolute Gasteiger partial charge is 0.416 e. The molecule has 0 unspecified atom stereocenters. The molecule has 0 spiro atoms. The van der Waals surface area contributed by atoms with E-state index in [2.05, 4.69) is 15.3 Å². The van der Waals surface area contributed by atoms with Crippen molar-refractivity contribution in [2.24, 2.45) is 0 Å². The molecule has 2 aromatic carbocycles. The van der Waals surface area contributed by atoms with E-state index in [-0.39, 0.29) is 0 Å². The Bertz CT molecular complexity index is 1150. The van der Waals surface area contributed by atoms with Crippen LogP contribution in [0, 0.1) is 0 Å². The van der Waals surface area contributed by atoms with Gasteiger partial charge in [0, 0.05) is 22.7 Å². The summed E-state index contributed by atoms with van der Waals surface area (Å²) in [6.07, 6.45) is -2.33. The molecule has 0 amide bonds. The number of alkyl halides is 3. The zero-order chi connectivity index (χ0) is 21.7. The molecule has 1 fully saturated rings. The molecule has 1 heterocycles. The minimum Gasteiger partial charge on any atom is -0.363 e. The Morgan fingerprint density at radius 1 is 1.10 bits per heavy atom. The Kier molecular flexibility index (Phi) is 5.13. The highest BCUT2D eigenvalue weighted by molar-refractivity contribution is 7.70. The van der Waals surface area contributed by atoms with Crippen LogP contribution in [-0.4, -0.2) is 23.3 Å². The highest BCUT2D eigenvalue weighted by atomic mass is 31.2. The normalized spacial score (nSPS) is 15.9. The summed E-state index contributed by atoms with van der Waals surface area (Å²) in [4.78, 5) is 9.35. The number of hydrogen-bond donors (Lipinski definition) is 1. The first-order chi connectivity index (χ1) is 14.0. The summed E-state index contributed by atoms with van der Waals surface area (Å²) in [6, 6.07) is 10.4. The lowest BCUT2D eigenvalue weighted by Crippen LogP contribution is -2.13. The first-order valence-corrected chi connectivity index (χ1v) is 12.4. The van der Waals surface area contributed by atoms with E-state index in [1.165, 1.54) is 6.07 Å². The summed E-state index contributed by atoms with van der Waals surface area (Å²) in [6.45, 7) is 5.20. The van der Waals surface area contributed by atoms with Gasteiger partial charge in [0.05, 0.1) is 11.1 Å². The van der Waals surface area contributed by atoms with Crippen molar-refractivity contribution >= 4 is 29.2 Å². The fourth-order valence-electron chi connectivity index (χ4n) is 3.38.